The van der Waals surface area contributed by atoms with Gasteiger partial charge in [0.25, 0.3) is 17.7 Å². The number of nitrogen functional groups attached to an aromatic ring is 1. The molecule has 2 aromatic heterocycles. The standard InChI is InChI=1S/C20H17N7O6S3.C3H7NO/c21-19-23-10(7-36-19)11(25-33)14(28)24-12-16(30)27-13(18(31)32)9(6-35-17(12)27)5-8-1-3-26(15(8)29)20-22-2-4-34-20;1-4(2)3-5/h2,4-5,7,12,17,33H,1,3,6H2,(H2,21,23)(H,24,28)(H,31,32);3H,1-2H3/b8-5+,25-11-;/t12-,17-;/m1./s1. The molecule has 18 heteroatoms. The monoisotopic (exact) mass is 620 g/mol. The molecule has 2 saturated heterocycles. The van der Waals surface area contributed by atoms with Gasteiger partial charge in [-0.15, -0.1) is 34.4 Å². The van der Waals surface area contributed by atoms with Gasteiger partial charge in [-0.25, -0.2) is 14.8 Å². The Morgan fingerprint density at radius 1 is 1.29 bits per heavy atom. The second-order valence-corrected chi connectivity index (χ2v) is 11.7. The van der Waals surface area contributed by atoms with Crippen molar-refractivity contribution in [2.24, 2.45) is 5.16 Å². The second kappa shape index (κ2) is 12.5. The predicted octanol–water partition coefficient (Wildman–Crippen LogP) is 0.166. The first kappa shape index (κ1) is 29.7. The summed E-state index contributed by atoms with van der Waals surface area (Å²) in [6.07, 6.45) is 4.30. The van der Waals surface area contributed by atoms with Gasteiger partial charge in [0, 0.05) is 48.9 Å². The molecular formula is C23H24N8O7S3. The van der Waals surface area contributed by atoms with E-state index in [2.05, 4.69) is 20.4 Å². The van der Waals surface area contributed by atoms with Crippen LogP contribution in [0.1, 0.15) is 12.1 Å². The largest absolute Gasteiger partial charge is 0.477 e. The van der Waals surface area contributed by atoms with Crippen molar-refractivity contribution in [3.05, 3.63) is 45.6 Å². The maximum atomic E-state index is 12.9. The summed E-state index contributed by atoms with van der Waals surface area (Å²) in [7, 11) is 3.38. The lowest BCUT2D eigenvalue weighted by atomic mass is 10.0. The highest BCUT2D eigenvalue weighted by molar-refractivity contribution is 8.00. The molecule has 2 fully saturated rings. The number of fused-ring (bicyclic) bond motifs is 1. The molecule has 2 atom stereocenters. The summed E-state index contributed by atoms with van der Waals surface area (Å²) in [5.41, 5.74) is 5.72. The van der Waals surface area contributed by atoms with Crippen molar-refractivity contribution >= 4 is 80.5 Å². The lowest BCUT2D eigenvalue weighted by Gasteiger charge is -2.49. The lowest BCUT2D eigenvalue weighted by Crippen LogP contribution is -2.71. The summed E-state index contributed by atoms with van der Waals surface area (Å²) < 4.78 is 0. The number of aliphatic carboxylic acids is 1. The number of nitrogens with one attached hydrogen (secondary N) is 1. The third-order valence-corrected chi connectivity index (χ3v) is 8.67. The number of thiazole rings is 2. The molecule has 5 heterocycles. The number of nitrogens with two attached hydrogens (primary N) is 1. The number of amides is 4. The number of oxime groups is 1. The normalized spacial score (nSPS) is 21.2. The molecular weight excluding hydrogens is 597 g/mol. The molecule has 0 spiro atoms. The molecule has 41 heavy (non-hydrogen) atoms. The van der Waals surface area contributed by atoms with E-state index in [9.17, 15) is 34.3 Å². The highest BCUT2D eigenvalue weighted by Gasteiger charge is 2.54. The van der Waals surface area contributed by atoms with Crippen molar-refractivity contribution in [1.82, 2.24) is 25.1 Å². The zero-order valence-corrected chi connectivity index (χ0v) is 24.0. The smallest absolute Gasteiger partial charge is 0.352 e. The average Bonchev–Trinajstić information content (AvgIpc) is 3.70. The van der Waals surface area contributed by atoms with Gasteiger partial charge in [0.15, 0.2) is 16.0 Å². The predicted molar refractivity (Wildman–Crippen MR) is 151 cm³/mol. The zero-order chi connectivity index (χ0) is 29.8. The first-order chi connectivity index (χ1) is 19.6. The molecule has 3 aliphatic heterocycles. The zero-order valence-electron chi connectivity index (χ0n) is 21.6. The van der Waals surface area contributed by atoms with E-state index in [1.807, 2.05) is 0 Å². The van der Waals surface area contributed by atoms with E-state index in [1.54, 1.807) is 25.7 Å². The Morgan fingerprint density at radius 3 is 2.59 bits per heavy atom. The number of nitrogens with zero attached hydrogens (tertiary/aromatic N) is 6. The summed E-state index contributed by atoms with van der Waals surface area (Å²) in [6, 6.07) is -1.03. The first-order valence-electron chi connectivity index (χ1n) is 11.8. The van der Waals surface area contributed by atoms with Gasteiger partial charge in [-0.1, -0.05) is 5.16 Å². The third-order valence-electron chi connectivity index (χ3n) is 5.90. The molecule has 4 amide bonds. The first-order valence-corrected chi connectivity index (χ1v) is 14.6. The van der Waals surface area contributed by atoms with Crippen LogP contribution in [-0.4, -0.2) is 104 Å². The number of hydrogen-bond donors (Lipinski definition) is 4. The Bertz CT molecular complexity index is 1470. The summed E-state index contributed by atoms with van der Waals surface area (Å²) >= 11 is 3.63. The summed E-state index contributed by atoms with van der Waals surface area (Å²) in [6.45, 7) is 0.430. The quantitative estimate of drug-likeness (QED) is 0.0818. The van der Waals surface area contributed by atoms with Crippen LogP contribution in [0.25, 0.3) is 0 Å². The van der Waals surface area contributed by atoms with E-state index in [1.165, 1.54) is 44.4 Å². The highest BCUT2D eigenvalue weighted by atomic mass is 32.2. The molecule has 15 nitrogen and oxygen atoms in total. The molecule has 0 bridgehead atoms. The van der Waals surface area contributed by atoms with Crippen molar-refractivity contribution in [2.45, 2.75) is 17.8 Å². The maximum Gasteiger partial charge on any atom is 0.352 e. The van der Waals surface area contributed by atoms with E-state index in [0.717, 1.165) is 22.6 Å². The molecule has 0 aromatic carbocycles. The van der Waals surface area contributed by atoms with Crippen LogP contribution in [0.4, 0.5) is 10.3 Å². The van der Waals surface area contributed by atoms with E-state index >= 15 is 0 Å². The van der Waals surface area contributed by atoms with Crippen molar-refractivity contribution in [2.75, 3.05) is 37.0 Å². The number of carboxylic acids is 1. The molecule has 0 radical (unpaired) electrons. The fourth-order valence-electron chi connectivity index (χ4n) is 4.06. The molecule has 0 aliphatic carbocycles. The Balaban J connectivity index is 0.000000714. The van der Waals surface area contributed by atoms with Crippen molar-refractivity contribution in [1.29, 1.82) is 0 Å². The minimum atomic E-state index is -1.32. The van der Waals surface area contributed by atoms with Crippen molar-refractivity contribution < 1.29 is 34.3 Å². The van der Waals surface area contributed by atoms with E-state index in [-0.39, 0.29) is 28.2 Å². The summed E-state index contributed by atoms with van der Waals surface area (Å²) in [5.74, 6) is -2.85. The number of rotatable bonds is 7. The van der Waals surface area contributed by atoms with Gasteiger partial charge in [-0.3, -0.25) is 29.0 Å². The van der Waals surface area contributed by atoms with Gasteiger partial charge in [0.2, 0.25) is 6.41 Å². The van der Waals surface area contributed by atoms with Gasteiger partial charge < -0.3 is 26.3 Å². The number of aromatic nitrogens is 2. The number of thioether (sulfide) groups is 1. The maximum absolute atomic E-state index is 12.9. The fourth-order valence-corrected chi connectivity index (χ4v) is 6.58. The number of allylic oxidation sites excluding steroid dienone is 1. The topological polar surface area (TPSA) is 212 Å². The number of carbonyl (C=O) groups is 5. The number of hydrogen-bond acceptors (Lipinski definition) is 13. The lowest BCUT2D eigenvalue weighted by molar-refractivity contribution is -0.150. The SMILES string of the molecule is CN(C)C=O.Nc1nc(/C(=N/O)C(=O)N[C@@H]2C(=O)N3C(C(=O)O)=C(/C=C4\CCN(c5nccs5)C4=O)CS[C@H]23)cs1. The van der Waals surface area contributed by atoms with Crippen LogP contribution in [0.15, 0.2) is 45.0 Å². The van der Waals surface area contributed by atoms with Gasteiger partial charge in [-0.05, 0) is 18.1 Å². The molecule has 216 valence electrons. The molecule has 0 saturated carbocycles. The van der Waals surface area contributed by atoms with E-state index < -0.39 is 34.9 Å². The van der Waals surface area contributed by atoms with Gasteiger partial charge in [-0.2, -0.15) is 0 Å². The average molecular weight is 621 g/mol. The Labute approximate surface area is 245 Å². The Kier molecular flexibility index (Phi) is 9.04. The molecule has 2 aromatic rings. The highest BCUT2D eigenvalue weighted by Crippen LogP contribution is 2.41. The number of carbonyl (C=O) groups excluding carboxylic acids is 4. The minimum Gasteiger partial charge on any atom is -0.477 e. The Morgan fingerprint density at radius 2 is 2.02 bits per heavy atom. The third kappa shape index (κ3) is 6.08. The molecule has 3 aliphatic rings. The number of β-lactam (4-membered cyclic amide) rings is 1. The van der Waals surface area contributed by atoms with Gasteiger partial charge in [0.05, 0.1) is 0 Å². The number of carboxylic acid groups (broad SMARTS) is 1. The molecule has 5 N–H and O–H groups in total. The van der Waals surface area contributed by atoms with Crippen LogP contribution >= 0.6 is 34.4 Å². The summed E-state index contributed by atoms with van der Waals surface area (Å²) in [4.78, 5) is 72.1. The van der Waals surface area contributed by atoms with Crippen LogP contribution in [0, 0.1) is 0 Å². The summed E-state index contributed by atoms with van der Waals surface area (Å²) in [5, 5.41) is 27.9. The van der Waals surface area contributed by atoms with Gasteiger partial charge >= 0.3 is 5.97 Å². The van der Waals surface area contributed by atoms with Crippen LogP contribution in [-0.2, 0) is 24.0 Å². The van der Waals surface area contributed by atoms with Crippen LogP contribution in [0.2, 0.25) is 0 Å². The van der Waals surface area contributed by atoms with Crippen molar-refractivity contribution in [3.63, 3.8) is 0 Å². The van der Waals surface area contributed by atoms with E-state index in [4.69, 9.17) is 5.73 Å². The van der Waals surface area contributed by atoms with Crippen LogP contribution < -0.4 is 16.0 Å². The van der Waals surface area contributed by atoms with Crippen LogP contribution in [0.3, 0.4) is 0 Å². The minimum absolute atomic E-state index is 0.0467. The number of anilines is 2. The second-order valence-electron chi connectivity index (χ2n) is 8.82. The van der Waals surface area contributed by atoms with E-state index in [0.29, 0.717) is 29.2 Å². The molecule has 0 unspecified atom stereocenters. The fraction of sp³-hybridized carbons (Fsp3) is 0.304. The van der Waals surface area contributed by atoms with Crippen LogP contribution in [0.5, 0.6) is 0 Å². The molecule has 5 rings (SSSR count). The Hall–Kier alpha value is -4.29. The van der Waals surface area contributed by atoms with Crippen molar-refractivity contribution in [3.8, 4) is 0 Å². The van der Waals surface area contributed by atoms with Gasteiger partial charge in [0.1, 0.15) is 22.8 Å².